The lowest BCUT2D eigenvalue weighted by atomic mass is 10.1. The molecular weight excluding hydrogens is 134 g/mol. The van der Waals surface area contributed by atoms with Gasteiger partial charge < -0.3 is 15.6 Å². The van der Waals surface area contributed by atoms with Crippen LogP contribution in [0.5, 0.6) is 0 Å². The number of carbonyl (C=O) groups excluding carboxylic acids is 1. The zero-order valence-electron chi connectivity index (χ0n) is 5.78. The summed E-state index contributed by atoms with van der Waals surface area (Å²) in [7, 11) is 0. The molecular formula is C6H11NO3. The maximum Gasteiger partial charge on any atom is 0.307 e. The van der Waals surface area contributed by atoms with Crippen molar-refractivity contribution in [3.8, 4) is 0 Å². The number of aliphatic hydroxyl groups excluding tert-OH is 1. The Bertz CT molecular complexity index is 146. The van der Waals surface area contributed by atoms with Crippen LogP contribution in [0.1, 0.15) is 13.3 Å². The summed E-state index contributed by atoms with van der Waals surface area (Å²) in [5, 5.41) is 8.98. The van der Waals surface area contributed by atoms with Gasteiger partial charge in [0.2, 0.25) is 0 Å². The second-order valence-electron chi connectivity index (χ2n) is 2.56. The highest BCUT2D eigenvalue weighted by Crippen LogP contribution is 2.15. The van der Waals surface area contributed by atoms with Crippen molar-refractivity contribution in [3.05, 3.63) is 0 Å². The van der Waals surface area contributed by atoms with E-state index in [2.05, 4.69) is 0 Å². The van der Waals surface area contributed by atoms with Gasteiger partial charge in [0, 0.05) is 0 Å². The van der Waals surface area contributed by atoms with Gasteiger partial charge in [-0.05, 0) is 6.92 Å². The van der Waals surface area contributed by atoms with Crippen LogP contribution in [0.4, 0.5) is 0 Å². The Hall–Kier alpha value is -0.610. The average Bonchev–Trinajstić information content (AvgIpc) is 2.10. The normalized spacial score (nSPS) is 35.7. The molecule has 3 atom stereocenters. The average molecular weight is 145 g/mol. The smallest absolute Gasteiger partial charge is 0.307 e. The summed E-state index contributed by atoms with van der Waals surface area (Å²) >= 11 is 0. The Kier molecular flexibility index (Phi) is 1.92. The van der Waals surface area contributed by atoms with Crippen molar-refractivity contribution >= 4 is 5.97 Å². The second kappa shape index (κ2) is 2.56. The molecule has 0 spiro atoms. The molecule has 0 unspecified atom stereocenters. The molecule has 0 saturated carbocycles. The fourth-order valence-corrected chi connectivity index (χ4v) is 1.05. The largest absolute Gasteiger partial charge is 0.458 e. The summed E-state index contributed by atoms with van der Waals surface area (Å²) in [4.78, 5) is 10.6. The van der Waals surface area contributed by atoms with Crippen LogP contribution in [0.15, 0.2) is 0 Å². The van der Waals surface area contributed by atoms with E-state index in [-0.39, 0.29) is 18.4 Å². The molecule has 1 heterocycles. The van der Waals surface area contributed by atoms with Crippen molar-refractivity contribution in [2.75, 3.05) is 0 Å². The second-order valence-corrected chi connectivity index (χ2v) is 2.56. The number of hydrogen-bond donors (Lipinski definition) is 2. The SMILES string of the molecule is C[C@@H](O)[C@@H]1OC(=O)C[C@H]1N. The van der Waals surface area contributed by atoms with Crippen molar-refractivity contribution in [1.29, 1.82) is 0 Å². The van der Waals surface area contributed by atoms with Crippen LogP contribution in [-0.4, -0.2) is 29.3 Å². The van der Waals surface area contributed by atoms with Gasteiger partial charge >= 0.3 is 5.97 Å². The zero-order chi connectivity index (χ0) is 7.72. The predicted molar refractivity (Wildman–Crippen MR) is 34.2 cm³/mol. The zero-order valence-corrected chi connectivity index (χ0v) is 5.78. The van der Waals surface area contributed by atoms with Crippen LogP contribution < -0.4 is 5.73 Å². The number of nitrogens with two attached hydrogens (primary N) is 1. The van der Waals surface area contributed by atoms with E-state index in [4.69, 9.17) is 15.6 Å². The van der Waals surface area contributed by atoms with Gasteiger partial charge in [-0.2, -0.15) is 0 Å². The highest BCUT2D eigenvalue weighted by atomic mass is 16.6. The van der Waals surface area contributed by atoms with Crippen LogP contribution in [0.2, 0.25) is 0 Å². The van der Waals surface area contributed by atoms with Crippen LogP contribution in [0.25, 0.3) is 0 Å². The lowest BCUT2D eigenvalue weighted by molar-refractivity contribution is -0.145. The first-order valence-corrected chi connectivity index (χ1v) is 3.24. The molecule has 0 aromatic carbocycles. The van der Waals surface area contributed by atoms with Crippen LogP contribution >= 0.6 is 0 Å². The van der Waals surface area contributed by atoms with Gasteiger partial charge in [-0.15, -0.1) is 0 Å². The van der Waals surface area contributed by atoms with E-state index in [1.165, 1.54) is 0 Å². The summed E-state index contributed by atoms with van der Waals surface area (Å²) in [6.07, 6.45) is -0.954. The Morgan fingerprint density at radius 1 is 1.90 bits per heavy atom. The molecule has 3 N–H and O–H groups in total. The van der Waals surface area contributed by atoms with Crippen LogP contribution in [0, 0.1) is 0 Å². The van der Waals surface area contributed by atoms with Crippen LogP contribution in [-0.2, 0) is 9.53 Å². The summed E-state index contributed by atoms with van der Waals surface area (Å²) in [5.41, 5.74) is 5.46. The number of rotatable bonds is 1. The molecule has 0 aliphatic carbocycles. The molecule has 0 radical (unpaired) electrons. The molecule has 58 valence electrons. The Labute approximate surface area is 59.0 Å². The van der Waals surface area contributed by atoms with Gasteiger partial charge in [0.05, 0.1) is 18.6 Å². The number of cyclic esters (lactones) is 1. The minimum absolute atomic E-state index is 0.218. The third-order valence-corrected chi connectivity index (χ3v) is 1.57. The molecule has 0 bridgehead atoms. The molecule has 1 aliphatic rings. The maximum absolute atomic E-state index is 10.6. The molecule has 10 heavy (non-hydrogen) atoms. The Morgan fingerprint density at radius 2 is 2.50 bits per heavy atom. The van der Waals surface area contributed by atoms with Crippen molar-refractivity contribution < 1.29 is 14.6 Å². The van der Waals surface area contributed by atoms with E-state index in [0.717, 1.165) is 0 Å². The predicted octanol–water partition coefficient (Wildman–Crippen LogP) is -0.990. The number of aliphatic hydroxyl groups is 1. The van der Waals surface area contributed by atoms with Gasteiger partial charge in [0.1, 0.15) is 6.10 Å². The minimum Gasteiger partial charge on any atom is -0.458 e. The lowest BCUT2D eigenvalue weighted by Crippen LogP contribution is -2.38. The van der Waals surface area contributed by atoms with E-state index >= 15 is 0 Å². The number of esters is 1. The van der Waals surface area contributed by atoms with Crippen molar-refractivity contribution in [2.24, 2.45) is 5.73 Å². The van der Waals surface area contributed by atoms with Gasteiger partial charge in [-0.25, -0.2) is 0 Å². The number of carbonyl (C=O) groups is 1. The molecule has 0 aromatic heterocycles. The number of ether oxygens (including phenoxy) is 1. The molecule has 4 heteroatoms. The van der Waals surface area contributed by atoms with E-state index in [9.17, 15) is 4.79 Å². The monoisotopic (exact) mass is 145 g/mol. The summed E-state index contributed by atoms with van der Waals surface area (Å²) < 4.78 is 4.72. The van der Waals surface area contributed by atoms with Gasteiger partial charge in [0.25, 0.3) is 0 Å². The topological polar surface area (TPSA) is 72.5 Å². The molecule has 1 saturated heterocycles. The molecule has 1 rings (SSSR count). The van der Waals surface area contributed by atoms with Crippen molar-refractivity contribution in [1.82, 2.24) is 0 Å². The first kappa shape index (κ1) is 7.50. The molecule has 1 fully saturated rings. The molecule has 1 aliphatic heterocycles. The quantitative estimate of drug-likeness (QED) is 0.465. The molecule has 0 amide bonds. The van der Waals surface area contributed by atoms with Gasteiger partial charge in [-0.3, -0.25) is 4.79 Å². The van der Waals surface area contributed by atoms with Gasteiger partial charge in [-0.1, -0.05) is 0 Å². The van der Waals surface area contributed by atoms with E-state index in [1.807, 2.05) is 0 Å². The minimum atomic E-state index is -0.665. The highest BCUT2D eigenvalue weighted by Gasteiger charge is 2.34. The Balaban J connectivity index is 2.54. The first-order valence-electron chi connectivity index (χ1n) is 3.24. The van der Waals surface area contributed by atoms with E-state index in [0.29, 0.717) is 0 Å². The summed E-state index contributed by atoms with van der Waals surface area (Å²) in [6.45, 7) is 1.56. The third-order valence-electron chi connectivity index (χ3n) is 1.57. The fourth-order valence-electron chi connectivity index (χ4n) is 1.05. The fraction of sp³-hybridized carbons (Fsp3) is 0.833. The highest BCUT2D eigenvalue weighted by molar-refractivity contribution is 5.72. The lowest BCUT2D eigenvalue weighted by Gasteiger charge is -2.15. The molecule has 4 nitrogen and oxygen atoms in total. The standard InChI is InChI=1S/C6H11NO3/c1-3(8)6-4(7)2-5(9)10-6/h3-4,6,8H,2,7H2,1H3/t3-,4-,6+/m1/s1. The van der Waals surface area contributed by atoms with E-state index in [1.54, 1.807) is 6.92 Å². The van der Waals surface area contributed by atoms with Crippen LogP contribution in [0.3, 0.4) is 0 Å². The van der Waals surface area contributed by atoms with Crippen molar-refractivity contribution in [3.63, 3.8) is 0 Å². The van der Waals surface area contributed by atoms with Crippen molar-refractivity contribution in [2.45, 2.75) is 31.6 Å². The summed E-state index contributed by atoms with van der Waals surface area (Å²) in [6, 6.07) is -0.340. The van der Waals surface area contributed by atoms with E-state index < -0.39 is 12.2 Å². The number of hydrogen-bond acceptors (Lipinski definition) is 4. The summed E-state index contributed by atoms with van der Waals surface area (Å²) in [5.74, 6) is -0.321. The molecule has 0 aromatic rings. The van der Waals surface area contributed by atoms with Gasteiger partial charge in [0.15, 0.2) is 0 Å². The Morgan fingerprint density at radius 3 is 2.70 bits per heavy atom. The third kappa shape index (κ3) is 1.27. The first-order chi connectivity index (χ1) is 4.61. The maximum atomic E-state index is 10.6.